The highest BCUT2D eigenvalue weighted by molar-refractivity contribution is 7.90. The quantitative estimate of drug-likeness (QED) is 0.687. The molecule has 2 aliphatic heterocycles. The fourth-order valence-electron chi connectivity index (χ4n) is 3.11. The molecule has 1 saturated heterocycles. The maximum atomic E-state index is 13.4. The van der Waals surface area contributed by atoms with Crippen LogP contribution in [0.25, 0.3) is 0 Å². The Kier molecular flexibility index (Phi) is 6.30. The molecule has 9 nitrogen and oxygen atoms in total. The number of aliphatic hydroxyl groups is 1. The molecule has 29 heavy (non-hydrogen) atoms. The number of carbonyl (C=O) groups excluding carboxylic acids is 1. The van der Waals surface area contributed by atoms with Crippen LogP contribution in [0.5, 0.6) is 5.88 Å². The standard InChI is InChI=1S/C18H27FN4O5S/c1-18(2,12-24)11-21-16(25)13-9-15-17(20-10-13)28-8-7-23(15)29(26,27)22-5-3-14(19)4-6-22/h9-10,14,24H,3-8,11-12H2,1-2H3,(H,21,25). The molecule has 3 heterocycles. The molecule has 3 rings (SSSR count). The molecule has 0 aliphatic carbocycles. The number of hydrogen-bond acceptors (Lipinski definition) is 6. The second kappa shape index (κ2) is 8.41. The lowest BCUT2D eigenvalue weighted by atomic mass is 9.95. The molecule has 1 aromatic rings. The second-order valence-electron chi connectivity index (χ2n) is 8.06. The maximum absolute atomic E-state index is 13.4. The fourth-order valence-corrected chi connectivity index (χ4v) is 4.75. The minimum Gasteiger partial charge on any atom is -0.474 e. The first-order valence-corrected chi connectivity index (χ1v) is 11.0. The average molecular weight is 431 g/mol. The summed E-state index contributed by atoms with van der Waals surface area (Å²) in [7, 11) is -3.89. The summed E-state index contributed by atoms with van der Waals surface area (Å²) in [6.45, 7) is 4.20. The zero-order valence-corrected chi connectivity index (χ0v) is 17.4. The van der Waals surface area contributed by atoms with Crippen LogP contribution in [0.3, 0.4) is 0 Å². The molecule has 0 radical (unpaired) electrons. The minimum atomic E-state index is -3.89. The molecule has 0 atom stereocenters. The Morgan fingerprint density at radius 3 is 2.72 bits per heavy atom. The van der Waals surface area contributed by atoms with Gasteiger partial charge in [0.2, 0.25) is 5.88 Å². The maximum Gasteiger partial charge on any atom is 0.304 e. The van der Waals surface area contributed by atoms with E-state index >= 15 is 0 Å². The number of anilines is 1. The van der Waals surface area contributed by atoms with Gasteiger partial charge in [0, 0.05) is 37.9 Å². The number of piperidine rings is 1. The van der Waals surface area contributed by atoms with Gasteiger partial charge in [-0.3, -0.25) is 4.79 Å². The van der Waals surface area contributed by atoms with Crippen LogP contribution in [0.2, 0.25) is 0 Å². The van der Waals surface area contributed by atoms with Gasteiger partial charge in [0.1, 0.15) is 18.5 Å². The number of fused-ring (bicyclic) bond motifs is 1. The molecule has 2 N–H and O–H groups in total. The van der Waals surface area contributed by atoms with Crippen LogP contribution in [0.15, 0.2) is 12.3 Å². The molecule has 1 fully saturated rings. The van der Waals surface area contributed by atoms with Gasteiger partial charge in [0.05, 0.1) is 12.1 Å². The number of carbonyl (C=O) groups is 1. The highest BCUT2D eigenvalue weighted by Gasteiger charge is 2.37. The second-order valence-corrected chi connectivity index (χ2v) is 9.91. The molecule has 11 heteroatoms. The van der Waals surface area contributed by atoms with E-state index in [1.165, 1.54) is 20.9 Å². The molecule has 1 amide bonds. The van der Waals surface area contributed by atoms with Gasteiger partial charge in [-0.25, -0.2) is 13.7 Å². The van der Waals surface area contributed by atoms with Crippen molar-refractivity contribution in [2.24, 2.45) is 5.41 Å². The SMILES string of the molecule is CC(C)(CO)CNC(=O)c1cnc2c(c1)N(S(=O)(=O)N1CCC(F)CC1)CCO2. The Morgan fingerprint density at radius 1 is 1.38 bits per heavy atom. The third-order valence-corrected chi connectivity index (χ3v) is 6.99. The normalized spacial score (nSPS) is 18.8. The molecule has 0 unspecified atom stereocenters. The van der Waals surface area contributed by atoms with Crippen LogP contribution >= 0.6 is 0 Å². The molecule has 162 valence electrons. The van der Waals surface area contributed by atoms with Gasteiger partial charge in [0.15, 0.2) is 0 Å². The van der Waals surface area contributed by atoms with E-state index in [9.17, 15) is 22.7 Å². The minimum absolute atomic E-state index is 0.0786. The van der Waals surface area contributed by atoms with E-state index in [1.807, 2.05) is 0 Å². The summed E-state index contributed by atoms with van der Waals surface area (Å²) in [5, 5.41) is 12.0. The predicted molar refractivity (Wildman–Crippen MR) is 105 cm³/mol. The average Bonchev–Trinajstić information content (AvgIpc) is 2.71. The van der Waals surface area contributed by atoms with E-state index < -0.39 is 27.7 Å². The third-order valence-electron chi connectivity index (χ3n) is 5.04. The van der Waals surface area contributed by atoms with Gasteiger partial charge in [-0.1, -0.05) is 13.8 Å². The fraction of sp³-hybridized carbons (Fsp3) is 0.667. The van der Waals surface area contributed by atoms with Crippen LogP contribution in [-0.4, -0.2) is 74.3 Å². The summed E-state index contributed by atoms with van der Waals surface area (Å²) in [5.74, 6) is -0.296. The van der Waals surface area contributed by atoms with Crippen molar-refractivity contribution in [3.63, 3.8) is 0 Å². The number of nitrogens with one attached hydrogen (secondary N) is 1. The van der Waals surface area contributed by atoms with Gasteiger partial charge in [-0.05, 0) is 18.9 Å². The molecule has 0 saturated carbocycles. The highest BCUT2D eigenvalue weighted by Crippen LogP contribution is 2.34. The van der Waals surface area contributed by atoms with Crippen LogP contribution in [-0.2, 0) is 10.2 Å². The summed E-state index contributed by atoms with van der Waals surface area (Å²) in [4.78, 5) is 16.6. The van der Waals surface area contributed by atoms with Crippen molar-refractivity contribution in [1.82, 2.24) is 14.6 Å². The van der Waals surface area contributed by atoms with Crippen LogP contribution in [0, 0.1) is 5.41 Å². The van der Waals surface area contributed by atoms with Gasteiger partial charge in [-0.15, -0.1) is 0 Å². The first kappa shape index (κ1) is 21.7. The largest absolute Gasteiger partial charge is 0.474 e. The van der Waals surface area contributed by atoms with E-state index in [4.69, 9.17) is 4.74 Å². The Balaban J connectivity index is 1.83. The Bertz CT molecular complexity index is 856. The van der Waals surface area contributed by atoms with Gasteiger partial charge in [-0.2, -0.15) is 12.7 Å². The van der Waals surface area contributed by atoms with E-state index in [1.54, 1.807) is 13.8 Å². The van der Waals surface area contributed by atoms with Crippen molar-refractivity contribution in [3.8, 4) is 5.88 Å². The van der Waals surface area contributed by atoms with E-state index in [0.29, 0.717) is 0 Å². The number of aromatic nitrogens is 1. The summed E-state index contributed by atoms with van der Waals surface area (Å²) in [6, 6.07) is 1.43. The number of pyridine rings is 1. The number of amides is 1. The van der Waals surface area contributed by atoms with Crippen molar-refractivity contribution in [2.45, 2.75) is 32.9 Å². The zero-order valence-electron chi connectivity index (χ0n) is 16.6. The monoisotopic (exact) mass is 430 g/mol. The van der Waals surface area contributed by atoms with Crippen LogP contribution < -0.4 is 14.4 Å². The van der Waals surface area contributed by atoms with E-state index in [-0.39, 0.29) is 69.4 Å². The van der Waals surface area contributed by atoms with Crippen molar-refractivity contribution < 1.29 is 27.4 Å². The summed E-state index contributed by atoms with van der Waals surface area (Å²) < 4.78 is 47.5. The van der Waals surface area contributed by atoms with Gasteiger partial charge in [0.25, 0.3) is 5.91 Å². The molecule has 1 aromatic heterocycles. The van der Waals surface area contributed by atoms with Crippen molar-refractivity contribution in [1.29, 1.82) is 0 Å². The molecular weight excluding hydrogens is 403 g/mol. The molecule has 2 aliphatic rings. The number of halogens is 1. The van der Waals surface area contributed by atoms with Gasteiger partial charge >= 0.3 is 10.2 Å². The van der Waals surface area contributed by atoms with Crippen LogP contribution in [0.4, 0.5) is 10.1 Å². The van der Waals surface area contributed by atoms with Crippen molar-refractivity contribution in [3.05, 3.63) is 17.8 Å². The first-order valence-electron chi connectivity index (χ1n) is 9.58. The van der Waals surface area contributed by atoms with E-state index in [0.717, 1.165) is 0 Å². The third kappa shape index (κ3) is 4.78. The Hall–Kier alpha value is -1.98. The van der Waals surface area contributed by atoms with Crippen molar-refractivity contribution >= 4 is 21.8 Å². The zero-order chi connectivity index (χ0) is 21.2. The molecule has 0 aromatic carbocycles. The summed E-state index contributed by atoms with van der Waals surface area (Å²) in [6.07, 6.45) is 0.666. The van der Waals surface area contributed by atoms with Crippen LogP contribution in [0.1, 0.15) is 37.0 Å². The molecule has 0 spiro atoms. The highest BCUT2D eigenvalue weighted by atomic mass is 32.2. The smallest absolute Gasteiger partial charge is 0.304 e. The topological polar surface area (TPSA) is 112 Å². The van der Waals surface area contributed by atoms with Crippen molar-refractivity contribution in [2.75, 3.05) is 43.7 Å². The number of rotatable bonds is 6. The molecular formula is C18H27FN4O5S. The lowest BCUT2D eigenvalue weighted by molar-refractivity contribution is 0.0910. The number of alkyl halides is 1. The number of aliphatic hydroxyl groups excluding tert-OH is 1. The first-order chi connectivity index (χ1) is 13.6. The lowest BCUT2D eigenvalue weighted by Gasteiger charge is -2.36. The summed E-state index contributed by atoms with van der Waals surface area (Å²) >= 11 is 0. The van der Waals surface area contributed by atoms with E-state index in [2.05, 4.69) is 10.3 Å². The number of hydrogen-bond donors (Lipinski definition) is 2. The molecule has 0 bridgehead atoms. The Labute approximate surface area is 170 Å². The lowest BCUT2D eigenvalue weighted by Crippen LogP contribution is -2.50. The Morgan fingerprint density at radius 2 is 2.07 bits per heavy atom. The number of ether oxygens (including phenoxy) is 1. The van der Waals surface area contributed by atoms with Gasteiger partial charge < -0.3 is 15.2 Å². The number of nitrogens with zero attached hydrogens (tertiary/aromatic N) is 3. The summed E-state index contributed by atoms with van der Waals surface area (Å²) in [5.41, 5.74) is -0.114. The predicted octanol–water partition coefficient (Wildman–Crippen LogP) is 0.707.